The summed E-state index contributed by atoms with van der Waals surface area (Å²) in [5.74, 6) is 0.324. The third-order valence-electron chi connectivity index (χ3n) is 6.01. The topological polar surface area (TPSA) is 81.9 Å². The fourth-order valence-electron chi connectivity index (χ4n) is 4.28. The second kappa shape index (κ2) is 8.37. The average molecular weight is 464 g/mol. The molecule has 1 unspecified atom stereocenters. The van der Waals surface area contributed by atoms with Crippen LogP contribution in [0.2, 0.25) is 5.02 Å². The van der Waals surface area contributed by atoms with Crippen LogP contribution in [0.5, 0.6) is 11.9 Å². The molecule has 1 atom stereocenters. The quantitative estimate of drug-likeness (QED) is 0.450. The van der Waals surface area contributed by atoms with Gasteiger partial charge in [0.1, 0.15) is 0 Å². The van der Waals surface area contributed by atoms with E-state index in [-0.39, 0.29) is 18.0 Å². The molecule has 1 aromatic carbocycles. The molecule has 1 aliphatic heterocycles. The van der Waals surface area contributed by atoms with E-state index in [0.29, 0.717) is 23.1 Å². The molecule has 5 rings (SSSR count). The molecule has 0 spiro atoms. The van der Waals surface area contributed by atoms with Gasteiger partial charge in [0, 0.05) is 18.9 Å². The van der Waals surface area contributed by atoms with E-state index >= 15 is 0 Å². The predicted octanol–water partition coefficient (Wildman–Crippen LogP) is 4.22. The number of carbonyl (C=O) groups is 1. The molecule has 3 aromatic heterocycles. The largest absolute Gasteiger partial charge is 0.480 e. The molecule has 0 saturated carbocycles. The summed E-state index contributed by atoms with van der Waals surface area (Å²) in [4.78, 5) is 23.7. The van der Waals surface area contributed by atoms with Gasteiger partial charge in [-0.05, 0) is 54.3 Å². The van der Waals surface area contributed by atoms with Gasteiger partial charge in [-0.1, -0.05) is 23.7 Å². The maximum absolute atomic E-state index is 13.4. The van der Waals surface area contributed by atoms with Crippen molar-refractivity contribution in [2.45, 2.75) is 19.4 Å². The minimum Gasteiger partial charge on any atom is -0.480 e. The summed E-state index contributed by atoms with van der Waals surface area (Å²) >= 11 is 6.06. The summed E-state index contributed by atoms with van der Waals surface area (Å²) in [5, 5.41) is 5.00. The van der Waals surface area contributed by atoms with E-state index in [9.17, 15) is 4.79 Å². The van der Waals surface area contributed by atoms with Crippen LogP contribution < -0.4 is 9.47 Å². The van der Waals surface area contributed by atoms with Crippen LogP contribution in [0.1, 0.15) is 34.6 Å². The molecule has 168 valence electrons. The van der Waals surface area contributed by atoms with Crippen molar-refractivity contribution in [1.29, 1.82) is 0 Å². The standard InChI is InChI=1S/C24H22ClN5O3/c1-14-19-10-16(20-12-26-24(33-3)27-22(20)32-2)5-4-15(19)8-9-29(14)23(31)21-11-18-7-6-17(25)13-30(18)28-21/h4-7,10-14H,8-9H2,1-3H3. The van der Waals surface area contributed by atoms with E-state index in [1.807, 2.05) is 24.0 Å². The van der Waals surface area contributed by atoms with Crippen molar-refractivity contribution in [3.8, 4) is 23.0 Å². The number of methoxy groups -OCH3 is 2. The predicted molar refractivity (Wildman–Crippen MR) is 124 cm³/mol. The molecule has 33 heavy (non-hydrogen) atoms. The molecule has 0 aliphatic carbocycles. The van der Waals surface area contributed by atoms with Gasteiger partial charge in [0.25, 0.3) is 5.91 Å². The van der Waals surface area contributed by atoms with Gasteiger partial charge in [-0.2, -0.15) is 10.1 Å². The van der Waals surface area contributed by atoms with Crippen molar-refractivity contribution in [3.05, 3.63) is 70.6 Å². The van der Waals surface area contributed by atoms with Gasteiger partial charge in [-0.25, -0.2) is 9.50 Å². The maximum atomic E-state index is 13.4. The number of nitrogens with zero attached hydrogens (tertiary/aromatic N) is 5. The summed E-state index contributed by atoms with van der Waals surface area (Å²) < 4.78 is 12.2. The Kier molecular flexibility index (Phi) is 5.38. The molecule has 4 aromatic rings. The summed E-state index contributed by atoms with van der Waals surface area (Å²) in [7, 11) is 3.08. The van der Waals surface area contributed by atoms with E-state index in [4.69, 9.17) is 21.1 Å². The van der Waals surface area contributed by atoms with Gasteiger partial charge < -0.3 is 14.4 Å². The Labute approximate surface area is 195 Å². The Hall–Kier alpha value is -3.65. The Balaban J connectivity index is 1.48. The first kappa shape index (κ1) is 21.2. The van der Waals surface area contributed by atoms with E-state index in [2.05, 4.69) is 27.2 Å². The van der Waals surface area contributed by atoms with Crippen LogP contribution in [0, 0.1) is 0 Å². The number of halogens is 1. The third kappa shape index (κ3) is 3.76. The molecule has 0 bridgehead atoms. The van der Waals surface area contributed by atoms with E-state index in [0.717, 1.165) is 28.6 Å². The smallest absolute Gasteiger partial charge is 0.319 e. The van der Waals surface area contributed by atoms with Gasteiger partial charge in [0.05, 0.1) is 36.4 Å². The molecular formula is C24H22ClN5O3. The first-order valence-electron chi connectivity index (χ1n) is 10.5. The SMILES string of the molecule is COc1ncc(-c2ccc3c(c2)C(C)N(C(=O)c2cc4ccc(Cl)cn4n2)CC3)c(OC)n1. The van der Waals surface area contributed by atoms with Gasteiger partial charge in [0.15, 0.2) is 5.69 Å². The molecule has 0 fully saturated rings. The van der Waals surface area contributed by atoms with Crippen molar-refractivity contribution < 1.29 is 14.3 Å². The van der Waals surface area contributed by atoms with Gasteiger partial charge in [-0.3, -0.25) is 4.79 Å². The van der Waals surface area contributed by atoms with Crippen LogP contribution in [-0.2, 0) is 6.42 Å². The Morgan fingerprint density at radius 2 is 2.00 bits per heavy atom. The van der Waals surface area contributed by atoms with Gasteiger partial charge in [-0.15, -0.1) is 0 Å². The normalized spacial score (nSPS) is 15.4. The number of rotatable bonds is 4. The van der Waals surface area contributed by atoms with Crippen molar-refractivity contribution in [2.24, 2.45) is 0 Å². The number of pyridine rings is 1. The number of amides is 1. The zero-order valence-electron chi connectivity index (χ0n) is 18.4. The zero-order valence-corrected chi connectivity index (χ0v) is 19.2. The molecule has 1 amide bonds. The van der Waals surface area contributed by atoms with Crippen LogP contribution in [0.4, 0.5) is 0 Å². The van der Waals surface area contributed by atoms with Crippen LogP contribution >= 0.6 is 11.6 Å². The van der Waals surface area contributed by atoms with E-state index in [1.165, 1.54) is 12.7 Å². The lowest BCUT2D eigenvalue weighted by atomic mass is 9.90. The number of hydrogen-bond acceptors (Lipinski definition) is 6. The van der Waals surface area contributed by atoms with Crippen LogP contribution in [-0.4, -0.2) is 51.2 Å². The zero-order chi connectivity index (χ0) is 23.1. The van der Waals surface area contributed by atoms with Crippen LogP contribution in [0.25, 0.3) is 16.6 Å². The summed E-state index contributed by atoms with van der Waals surface area (Å²) in [5.41, 5.74) is 5.18. The lowest BCUT2D eigenvalue weighted by molar-refractivity contribution is 0.0671. The summed E-state index contributed by atoms with van der Waals surface area (Å²) in [6, 6.07) is 11.7. The Morgan fingerprint density at radius 3 is 2.79 bits per heavy atom. The molecule has 0 saturated heterocycles. The number of aromatic nitrogens is 4. The number of fused-ring (bicyclic) bond motifs is 2. The lowest BCUT2D eigenvalue weighted by Crippen LogP contribution is -2.39. The molecule has 0 radical (unpaired) electrons. The lowest BCUT2D eigenvalue weighted by Gasteiger charge is -2.35. The van der Waals surface area contributed by atoms with Gasteiger partial charge in [0.2, 0.25) is 5.88 Å². The molecule has 1 aliphatic rings. The molecule has 8 nitrogen and oxygen atoms in total. The second-order valence-corrected chi connectivity index (χ2v) is 8.30. The number of ether oxygens (including phenoxy) is 2. The highest BCUT2D eigenvalue weighted by Gasteiger charge is 2.30. The molecule has 4 heterocycles. The first-order valence-corrected chi connectivity index (χ1v) is 10.9. The minimum absolute atomic E-state index is 0.108. The highest BCUT2D eigenvalue weighted by Crippen LogP contribution is 2.36. The fourth-order valence-corrected chi connectivity index (χ4v) is 4.43. The molecule has 0 N–H and O–H groups in total. The third-order valence-corrected chi connectivity index (χ3v) is 6.23. The Morgan fingerprint density at radius 1 is 1.15 bits per heavy atom. The van der Waals surface area contributed by atoms with Crippen molar-refractivity contribution in [2.75, 3.05) is 20.8 Å². The summed E-state index contributed by atoms with van der Waals surface area (Å²) in [6.45, 7) is 2.66. The van der Waals surface area contributed by atoms with E-state index in [1.54, 1.807) is 36.2 Å². The van der Waals surface area contributed by atoms with Crippen LogP contribution in [0.3, 0.4) is 0 Å². The summed E-state index contributed by atoms with van der Waals surface area (Å²) in [6.07, 6.45) is 4.14. The van der Waals surface area contributed by atoms with Crippen LogP contribution in [0.15, 0.2) is 48.8 Å². The maximum Gasteiger partial charge on any atom is 0.319 e. The van der Waals surface area contributed by atoms with Gasteiger partial charge >= 0.3 is 6.01 Å². The number of hydrogen-bond donors (Lipinski definition) is 0. The van der Waals surface area contributed by atoms with Crippen molar-refractivity contribution >= 4 is 23.0 Å². The Bertz CT molecular complexity index is 1370. The minimum atomic E-state index is -0.125. The second-order valence-electron chi connectivity index (χ2n) is 7.86. The van der Waals surface area contributed by atoms with Crippen molar-refractivity contribution in [1.82, 2.24) is 24.5 Å². The van der Waals surface area contributed by atoms with E-state index < -0.39 is 0 Å². The highest BCUT2D eigenvalue weighted by molar-refractivity contribution is 6.30. The fraction of sp³-hybridized carbons (Fsp3) is 0.250. The highest BCUT2D eigenvalue weighted by atomic mass is 35.5. The first-order chi connectivity index (χ1) is 16.0. The molecule has 9 heteroatoms. The monoisotopic (exact) mass is 463 g/mol. The number of benzene rings is 1. The number of carbonyl (C=O) groups excluding carboxylic acids is 1. The average Bonchev–Trinajstić information content (AvgIpc) is 3.26. The van der Waals surface area contributed by atoms with Crippen molar-refractivity contribution in [3.63, 3.8) is 0 Å². The molecular weight excluding hydrogens is 442 g/mol.